The van der Waals surface area contributed by atoms with Gasteiger partial charge in [0.1, 0.15) is 6.04 Å². The topological polar surface area (TPSA) is 29.3 Å². The van der Waals surface area contributed by atoms with Gasteiger partial charge >= 0.3 is 5.97 Å². The summed E-state index contributed by atoms with van der Waals surface area (Å²) in [4.78, 5) is 13.6. The smallest absolute Gasteiger partial charge is 0.325 e. The van der Waals surface area contributed by atoms with E-state index in [2.05, 4.69) is 11.5 Å². The van der Waals surface area contributed by atoms with Gasteiger partial charge in [-0.3, -0.25) is 9.69 Å². The van der Waals surface area contributed by atoms with E-state index in [1.807, 2.05) is 30.3 Å². The molecule has 3 heteroatoms. The molecule has 3 atom stereocenters. The van der Waals surface area contributed by atoms with Crippen LogP contribution < -0.4 is 0 Å². The second-order valence-electron chi connectivity index (χ2n) is 3.81. The Hall–Kier alpha value is -1.61. The summed E-state index contributed by atoms with van der Waals surface area (Å²) in [5, 5.41) is 0. The third kappa shape index (κ3) is 1.86. The fraction of sp³-hybridized carbons (Fsp3) is 0.308. The molecule has 84 valence electrons. The average molecular weight is 217 g/mol. The molecule has 1 unspecified atom stereocenters. The molecule has 0 radical (unpaired) electrons. The minimum absolute atomic E-state index is 0.145. The summed E-state index contributed by atoms with van der Waals surface area (Å²) in [6.45, 7) is 4.40. The normalized spacial score (nSPS) is 27.2. The minimum atomic E-state index is -0.171. The van der Waals surface area contributed by atoms with Crippen molar-refractivity contribution in [3.8, 4) is 0 Å². The van der Waals surface area contributed by atoms with Crippen LogP contribution in [0, 0.1) is 0 Å². The van der Waals surface area contributed by atoms with Crippen molar-refractivity contribution in [1.29, 1.82) is 0 Å². The van der Waals surface area contributed by atoms with Gasteiger partial charge in [-0.1, -0.05) is 36.4 Å². The lowest BCUT2D eigenvalue weighted by molar-refractivity contribution is -0.140. The van der Waals surface area contributed by atoms with Crippen LogP contribution in [0.25, 0.3) is 0 Å². The van der Waals surface area contributed by atoms with Crippen LogP contribution in [-0.4, -0.2) is 30.6 Å². The second kappa shape index (κ2) is 4.49. The Morgan fingerprint density at radius 3 is 2.75 bits per heavy atom. The first-order valence-corrected chi connectivity index (χ1v) is 5.29. The van der Waals surface area contributed by atoms with Crippen molar-refractivity contribution in [3.63, 3.8) is 0 Å². The molecule has 1 aliphatic rings. The van der Waals surface area contributed by atoms with Gasteiger partial charge in [0.05, 0.1) is 13.2 Å². The fourth-order valence-corrected chi connectivity index (χ4v) is 2.06. The first kappa shape index (κ1) is 10.9. The number of hydrogen-bond acceptors (Lipinski definition) is 3. The molecule has 16 heavy (non-hydrogen) atoms. The molecular weight excluding hydrogens is 202 g/mol. The summed E-state index contributed by atoms with van der Waals surface area (Å²) in [6, 6.07) is 9.99. The maximum absolute atomic E-state index is 11.5. The highest BCUT2D eigenvalue weighted by molar-refractivity contribution is 5.80. The molecule has 0 aliphatic carbocycles. The van der Waals surface area contributed by atoms with Gasteiger partial charge in [0.15, 0.2) is 0 Å². The molecule has 2 rings (SSSR count). The fourth-order valence-electron chi connectivity index (χ4n) is 2.06. The standard InChI is InChI=1S/C13H15NO2/c1-3-9-14-11(12(14)13(15)16-2)10-7-5-4-6-8-10/h3-8,11-12H,1,9H2,2H3/t11-,12-,14?/m0/s1. The van der Waals surface area contributed by atoms with Gasteiger partial charge in [-0.25, -0.2) is 0 Å². The summed E-state index contributed by atoms with van der Waals surface area (Å²) < 4.78 is 4.79. The molecule has 0 aromatic heterocycles. The molecule has 1 aromatic carbocycles. The number of benzene rings is 1. The molecule has 0 bridgehead atoms. The summed E-state index contributed by atoms with van der Waals surface area (Å²) >= 11 is 0. The van der Waals surface area contributed by atoms with Gasteiger partial charge in [-0.15, -0.1) is 6.58 Å². The van der Waals surface area contributed by atoms with E-state index in [-0.39, 0.29) is 18.1 Å². The van der Waals surface area contributed by atoms with Gasteiger partial charge in [-0.2, -0.15) is 0 Å². The number of carbonyl (C=O) groups excluding carboxylic acids is 1. The molecule has 0 spiro atoms. The number of esters is 1. The van der Waals surface area contributed by atoms with E-state index in [4.69, 9.17) is 4.74 Å². The highest BCUT2D eigenvalue weighted by Crippen LogP contribution is 2.43. The number of methoxy groups -OCH3 is 1. The first-order chi connectivity index (χ1) is 7.79. The molecular formula is C13H15NO2. The van der Waals surface area contributed by atoms with E-state index in [0.717, 1.165) is 5.56 Å². The van der Waals surface area contributed by atoms with Crippen LogP contribution in [0.15, 0.2) is 43.0 Å². The van der Waals surface area contributed by atoms with E-state index in [1.165, 1.54) is 7.11 Å². The predicted octanol–water partition coefficient (Wildman–Crippen LogP) is 1.77. The Bertz CT molecular complexity index is 388. The Balaban J connectivity index is 2.16. The van der Waals surface area contributed by atoms with Crippen LogP contribution >= 0.6 is 0 Å². The largest absolute Gasteiger partial charge is 0.468 e. The van der Waals surface area contributed by atoms with Crippen LogP contribution in [-0.2, 0) is 9.53 Å². The van der Waals surface area contributed by atoms with Crippen LogP contribution in [0.5, 0.6) is 0 Å². The van der Waals surface area contributed by atoms with E-state index < -0.39 is 0 Å². The van der Waals surface area contributed by atoms with Crippen molar-refractivity contribution in [1.82, 2.24) is 4.90 Å². The van der Waals surface area contributed by atoms with E-state index >= 15 is 0 Å². The maximum Gasteiger partial charge on any atom is 0.325 e. The minimum Gasteiger partial charge on any atom is -0.468 e. The van der Waals surface area contributed by atoms with Crippen LogP contribution in [0.2, 0.25) is 0 Å². The molecule has 1 aromatic rings. The van der Waals surface area contributed by atoms with Crippen LogP contribution in [0.4, 0.5) is 0 Å². The second-order valence-corrected chi connectivity index (χ2v) is 3.81. The number of rotatable bonds is 4. The van der Waals surface area contributed by atoms with Crippen LogP contribution in [0.1, 0.15) is 11.6 Å². The van der Waals surface area contributed by atoms with Crippen molar-refractivity contribution in [2.24, 2.45) is 0 Å². The summed E-state index contributed by atoms with van der Waals surface area (Å²) in [6.07, 6.45) is 1.80. The number of carbonyl (C=O) groups is 1. The number of nitrogens with zero attached hydrogens (tertiary/aromatic N) is 1. The molecule has 1 fully saturated rings. The molecule has 1 saturated heterocycles. The lowest BCUT2D eigenvalue weighted by Gasteiger charge is -1.98. The van der Waals surface area contributed by atoms with Gasteiger partial charge < -0.3 is 4.74 Å². The Labute approximate surface area is 95.3 Å². The number of hydrogen-bond donors (Lipinski definition) is 0. The molecule has 3 nitrogen and oxygen atoms in total. The van der Waals surface area contributed by atoms with Crippen molar-refractivity contribution >= 4 is 5.97 Å². The van der Waals surface area contributed by atoms with Crippen molar-refractivity contribution in [2.45, 2.75) is 12.1 Å². The first-order valence-electron chi connectivity index (χ1n) is 5.29. The van der Waals surface area contributed by atoms with Crippen molar-refractivity contribution < 1.29 is 9.53 Å². The monoisotopic (exact) mass is 217 g/mol. The Morgan fingerprint density at radius 2 is 2.19 bits per heavy atom. The zero-order chi connectivity index (χ0) is 11.5. The highest BCUT2D eigenvalue weighted by atomic mass is 16.5. The van der Waals surface area contributed by atoms with E-state index in [0.29, 0.717) is 6.54 Å². The molecule has 0 amide bonds. The zero-order valence-corrected chi connectivity index (χ0v) is 9.30. The van der Waals surface area contributed by atoms with Crippen molar-refractivity contribution in [2.75, 3.05) is 13.7 Å². The highest BCUT2D eigenvalue weighted by Gasteiger charge is 2.53. The maximum atomic E-state index is 11.5. The summed E-state index contributed by atoms with van der Waals surface area (Å²) in [5.41, 5.74) is 1.15. The van der Waals surface area contributed by atoms with E-state index in [9.17, 15) is 4.79 Å². The van der Waals surface area contributed by atoms with Gasteiger partial charge in [0.25, 0.3) is 0 Å². The third-order valence-electron chi connectivity index (χ3n) is 2.85. The SMILES string of the molecule is C=CCN1[C@H](C(=O)OC)[C@@H]1c1ccccc1. The predicted molar refractivity (Wildman–Crippen MR) is 61.9 cm³/mol. The van der Waals surface area contributed by atoms with Gasteiger partial charge in [0.2, 0.25) is 0 Å². The van der Waals surface area contributed by atoms with Gasteiger partial charge in [-0.05, 0) is 5.56 Å². The summed E-state index contributed by atoms with van der Waals surface area (Å²) in [5.74, 6) is -0.171. The zero-order valence-electron chi connectivity index (χ0n) is 9.30. The Kier molecular flexibility index (Phi) is 3.06. The average Bonchev–Trinajstić information content (AvgIpc) is 3.04. The van der Waals surface area contributed by atoms with Crippen molar-refractivity contribution in [3.05, 3.63) is 48.6 Å². The molecule has 0 saturated carbocycles. The third-order valence-corrected chi connectivity index (χ3v) is 2.85. The molecule has 1 heterocycles. The Morgan fingerprint density at radius 1 is 1.50 bits per heavy atom. The van der Waals surface area contributed by atoms with Crippen LogP contribution in [0.3, 0.4) is 0 Å². The lowest BCUT2D eigenvalue weighted by Crippen LogP contribution is -2.14. The molecule has 1 aliphatic heterocycles. The lowest BCUT2D eigenvalue weighted by atomic mass is 10.1. The molecule has 0 N–H and O–H groups in total. The quantitative estimate of drug-likeness (QED) is 0.437. The van der Waals surface area contributed by atoms with E-state index in [1.54, 1.807) is 6.08 Å². The number of ether oxygens (including phenoxy) is 1. The van der Waals surface area contributed by atoms with Gasteiger partial charge in [0, 0.05) is 6.54 Å². The summed E-state index contributed by atoms with van der Waals surface area (Å²) in [7, 11) is 1.43.